The summed E-state index contributed by atoms with van der Waals surface area (Å²) >= 11 is 1.66. The Morgan fingerprint density at radius 1 is 1.44 bits per heavy atom. The molecule has 0 spiro atoms. The van der Waals surface area contributed by atoms with Gasteiger partial charge in [0.15, 0.2) is 6.10 Å². The van der Waals surface area contributed by atoms with Gasteiger partial charge in [-0.25, -0.2) is 4.98 Å². The van der Waals surface area contributed by atoms with Crippen molar-refractivity contribution in [3.8, 4) is 5.75 Å². The zero-order valence-corrected chi connectivity index (χ0v) is 11.2. The smallest absolute Gasteiger partial charge is 0.163 e. The molecule has 2 heterocycles. The molecule has 1 atom stereocenters. The SMILES string of the molecule is CCN1Cc2ccccc2OC(c2nccs2)C1. The van der Waals surface area contributed by atoms with Gasteiger partial charge in [-0.1, -0.05) is 25.1 Å². The highest BCUT2D eigenvalue weighted by Gasteiger charge is 2.24. The van der Waals surface area contributed by atoms with E-state index in [0.717, 1.165) is 30.4 Å². The second-order valence-electron chi connectivity index (χ2n) is 4.41. The van der Waals surface area contributed by atoms with Crippen LogP contribution in [-0.4, -0.2) is 23.0 Å². The maximum atomic E-state index is 6.14. The summed E-state index contributed by atoms with van der Waals surface area (Å²) in [6.07, 6.45) is 1.89. The third kappa shape index (κ3) is 2.26. The summed E-state index contributed by atoms with van der Waals surface area (Å²) in [7, 11) is 0. The van der Waals surface area contributed by atoms with Gasteiger partial charge in [0, 0.05) is 30.2 Å². The van der Waals surface area contributed by atoms with E-state index < -0.39 is 0 Å². The first-order valence-corrected chi connectivity index (χ1v) is 7.11. The van der Waals surface area contributed by atoms with Crippen LogP contribution in [0, 0.1) is 0 Å². The fourth-order valence-electron chi connectivity index (χ4n) is 2.24. The Morgan fingerprint density at radius 3 is 3.11 bits per heavy atom. The van der Waals surface area contributed by atoms with Crippen LogP contribution in [0.25, 0.3) is 0 Å². The zero-order valence-electron chi connectivity index (χ0n) is 10.4. The summed E-state index contributed by atoms with van der Waals surface area (Å²) in [4.78, 5) is 6.79. The summed E-state index contributed by atoms with van der Waals surface area (Å²) in [6, 6.07) is 8.29. The lowest BCUT2D eigenvalue weighted by Crippen LogP contribution is -2.27. The fourth-order valence-corrected chi connectivity index (χ4v) is 2.90. The standard InChI is InChI=1S/C14H16N2OS/c1-2-16-9-11-5-3-4-6-12(11)17-13(10-16)14-15-7-8-18-14/h3-8,13H,2,9-10H2,1H3. The summed E-state index contributed by atoms with van der Waals surface area (Å²) in [5.74, 6) is 0.994. The van der Waals surface area contributed by atoms with Gasteiger partial charge >= 0.3 is 0 Å². The molecule has 0 saturated heterocycles. The molecular weight excluding hydrogens is 244 g/mol. The van der Waals surface area contributed by atoms with Crippen molar-refractivity contribution in [3.63, 3.8) is 0 Å². The van der Waals surface area contributed by atoms with Crippen LogP contribution < -0.4 is 4.74 Å². The summed E-state index contributed by atoms with van der Waals surface area (Å²) in [6.45, 7) is 5.07. The van der Waals surface area contributed by atoms with Gasteiger partial charge in [0.05, 0.1) is 0 Å². The summed E-state index contributed by atoms with van der Waals surface area (Å²) in [5.41, 5.74) is 1.26. The van der Waals surface area contributed by atoms with Crippen molar-refractivity contribution < 1.29 is 4.74 Å². The average Bonchev–Trinajstić information content (AvgIpc) is 2.86. The Hall–Kier alpha value is -1.39. The molecule has 1 aromatic heterocycles. The number of ether oxygens (including phenoxy) is 1. The zero-order chi connectivity index (χ0) is 12.4. The second kappa shape index (κ2) is 5.08. The van der Waals surface area contributed by atoms with Crippen LogP contribution >= 0.6 is 11.3 Å². The molecule has 1 aliphatic heterocycles. The molecule has 1 aliphatic rings. The normalized spacial score (nSPS) is 19.9. The van der Waals surface area contributed by atoms with Crippen molar-refractivity contribution in [1.82, 2.24) is 9.88 Å². The predicted molar refractivity (Wildman–Crippen MR) is 72.9 cm³/mol. The third-order valence-corrected chi connectivity index (χ3v) is 4.10. The largest absolute Gasteiger partial charge is 0.482 e. The third-order valence-electron chi connectivity index (χ3n) is 3.23. The molecule has 0 fully saturated rings. The molecule has 3 rings (SSSR count). The van der Waals surface area contributed by atoms with Crippen molar-refractivity contribution in [1.29, 1.82) is 0 Å². The number of benzene rings is 1. The van der Waals surface area contributed by atoms with Crippen molar-refractivity contribution in [2.75, 3.05) is 13.1 Å². The Balaban J connectivity index is 1.94. The maximum absolute atomic E-state index is 6.14. The van der Waals surface area contributed by atoms with Crippen LogP contribution in [0.5, 0.6) is 5.75 Å². The number of thiazole rings is 1. The first-order chi connectivity index (χ1) is 8.86. The first-order valence-electron chi connectivity index (χ1n) is 6.23. The molecule has 3 nitrogen and oxygen atoms in total. The van der Waals surface area contributed by atoms with Crippen LogP contribution in [0.1, 0.15) is 23.6 Å². The molecule has 2 aromatic rings. The number of nitrogens with zero attached hydrogens (tertiary/aromatic N) is 2. The summed E-state index contributed by atoms with van der Waals surface area (Å²) < 4.78 is 6.14. The number of hydrogen-bond donors (Lipinski definition) is 0. The monoisotopic (exact) mass is 260 g/mol. The van der Waals surface area contributed by atoms with E-state index >= 15 is 0 Å². The average molecular weight is 260 g/mol. The minimum atomic E-state index is 0.0496. The van der Waals surface area contributed by atoms with Gasteiger partial charge in [0.2, 0.25) is 0 Å². The Morgan fingerprint density at radius 2 is 2.33 bits per heavy atom. The number of aromatic nitrogens is 1. The van der Waals surface area contributed by atoms with E-state index in [1.165, 1.54) is 5.56 Å². The van der Waals surface area contributed by atoms with Gasteiger partial charge in [-0.3, -0.25) is 4.90 Å². The number of hydrogen-bond acceptors (Lipinski definition) is 4. The van der Waals surface area contributed by atoms with Gasteiger partial charge in [0.1, 0.15) is 10.8 Å². The van der Waals surface area contributed by atoms with Crippen molar-refractivity contribution in [3.05, 3.63) is 46.4 Å². The molecule has 0 radical (unpaired) electrons. The molecule has 0 aliphatic carbocycles. The molecule has 1 aromatic carbocycles. The Bertz CT molecular complexity index is 512. The van der Waals surface area contributed by atoms with E-state index in [-0.39, 0.29) is 6.10 Å². The van der Waals surface area contributed by atoms with E-state index in [0.29, 0.717) is 0 Å². The van der Waals surface area contributed by atoms with Crippen molar-refractivity contribution in [2.45, 2.75) is 19.6 Å². The highest BCUT2D eigenvalue weighted by molar-refractivity contribution is 7.09. The lowest BCUT2D eigenvalue weighted by atomic mass is 10.2. The van der Waals surface area contributed by atoms with E-state index in [1.54, 1.807) is 11.3 Å². The molecule has 18 heavy (non-hydrogen) atoms. The van der Waals surface area contributed by atoms with Gasteiger partial charge in [-0.15, -0.1) is 11.3 Å². The predicted octanol–water partition coefficient (Wildman–Crippen LogP) is 3.10. The number of rotatable bonds is 2. The number of likely N-dealkylation sites (N-methyl/N-ethyl adjacent to an activating group) is 1. The van der Waals surface area contributed by atoms with Crippen LogP contribution in [0.3, 0.4) is 0 Å². The lowest BCUT2D eigenvalue weighted by Gasteiger charge is -2.20. The molecule has 0 amide bonds. The number of fused-ring (bicyclic) bond motifs is 1. The molecule has 94 valence electrons. The first kappa shape index (κ1) is 11.7. The highest BCUT2D eigenvalue weighted by atomic mass is 32.1. The van der Waals surface area contributed by atoms with Gasteiger partial charge < -0.3 is 4.74 Å². The maximum Gasteiger partial charge on any atom is 0.163 e. The minimum absolute atomic E-state index is 0.0496. The molecular formula is C14H16N2OS. The number of para-hydroxylation sites is 1. The van der Waals surface area contributed by atoms with Crippen LogP contribution in [0.2, 0.25) is 0 Å². The molecule has 0 N–H and O–H groups in total. The van der Waals surface area contributed by atoms with E-state index in [9.17, 15) is 0 Å². The molecule has 0 saturated carbocycles. The van der Waals surface area contributed by atoms with Crippen molar-refractivity contribution in [2.24, 2.45) is 0 Å². The van der Waals surface area contributed by atoms with Gasteiger partial charge in [-0.05, 0) is 12.6 Å². The molecule has 1 unspecified atom stereocenters. The van der Waals surface area contributed by atoms with Gasteiger partial charge in [0.25, 0.3) is 0 Å². The molecule has 4 heteroatoms. The molecule has 0 bridgehead atoms. The summed E-state index contributed by atoms with van der Waals surface area (Å²) in [5, 5.41) is 3.07. The second-order valence-corrected chi connectivity index (χ2v) is 5.34. The van der Waals surface area contributed by atoms with E-state index in [4.69, 9.17) is 4.74 Å². The Labute approximate surface area is 111 Å². The van der Waals surface area contributed by atoms with E-state index in [1.807, 2.05) is 17.6 Å². The van der Waals surface area contributed by atoms with E-state index in [2.05, 4.69) is 35.0 Å². The fraction of sp³-hybridized carbons (Fsp3) is 0.357. The minimum Gasteiger partial charge on any atom is -0.482 e. The van der Waals surface area contributed by atoms with Crippen molar-refractivity contribution >= 4 is 11.3 Å². The van der Waals surface area contributed by atoms with Crippen LogP contribution in [0.4, 0.5) is 0 Å². The highest BCUT2D eigenvalue weighted by Crippen LogP contribution is 2.31. The van der Waals surface area contributed by atoms with Crippen LogP contribution in [0.15, 0.2) is 35.8 Å². The van der Waals surface area contributed by atoms with Gasteiger partial charge in [-0.2, -0.15) is 0 Å². The topological polar surface area (TPSA) is 25.4 Å². The lowest BCUT2D eigenvalue weighted by molar-refractivity contribution is 0.152. The van der Waals surface area contributed by atoms with Crippen LogP contribution in [-0.2, 0) is 6.54 Å². The Kier molecular flexibility index (Phi) is 3.30. The quantitative estimate of drug-likeness (QED) is 0.829.